The van der Waals surface area contributed by atoms with Crippen molar-refractivity contribution in [3.05, 3.63) is 53.1 Å². The van der Waals surface area contributed by atoms with E-state index < -0.39 is 10.0 Å². The predicted molar refractivity (Wildman–Crippen MR) is 123 cm³/mol. The van der Waals surface area contributed by atoms with E-state index in [0.717, 1.165) is 47.0 Å². The number of sulfonamides is 1. The minimum Gasteiger partial charge on any atom is -0.333 e. The number of imidazole rings is 1. The van der Waals surface area contributed by atoms with Gasteiger partial charge >= 0.3 is 0 Å². The van der Waals surface area contributed by atoms with Crippen molar-refractivity contribution in [2.45, 2.75) is 30.3 Å². The molecule has 0 spiro atoms. The molecule has 4 rings (SSSR count). The summed E-state index contributed by atoms with van der Waals surface area (Å²) in [5.74, 6) is 0.877. The zero-order valence-corrected chi connectivity index (χ0v) is 19.3. The van der Waals surface area contributed by atoms with E-state index in [4.69, 9.17) is 0 Å². The minimum atomic E-state index is -3.40. The van der Waals surface area contributed by atoms with Gasteiger partial charge in [0, 0.05) is 31.9 Å². The van der Waals surface area contributed by atoms with Crippen molar-refractivity contribution in [3.63, 3.8) is 0 Å². The van der Waals surface area contributed by atoms with E-state index in [-0.39, 0.29) is 0 Å². The number of nitrogens with zero attached hydrogens (tertiary/aromatic N) is 3. The number of benzene rings is 2. The molecule has 3 aromatic rings. The highest BCUT2D eigenvalue weighted by molar-refractivity contribution is 7.99. The van der Waals surface area contributed by atoms with Crippen LogP contribution >= 0.6 is 11.8 Å². The number of fused-ring (bicyclic) bond motifs is 1. The zero-order valence-electron chi connectivity index (χ0n) is 17.7. The molecule has 1 aromatic heterocycles. The first kappa shape index (κ1) is 21.4. The molecule has 6 nitrogen and oxygen atoms in total. The van der Waals surface area contributed by atoms with Crippen LogP contribution in [0.3, 0.4) is 0 Å². The molecular weight excluding hydrogens is 416 g/mol. The quantitative estimate of drug-likeness (QED) is 0.590. The van der Waals surface area contributed by atoms with Gasteiger partial charge in [0.05, 0.1) is 15.9 Å². The number of aryl methyl sites for hydroxylation is 3. The maximum absolute atomic E-state index is 12.8. The summed E-state index contributed by atoms with van der Waals surface area (Å²) >= 11 is 1.69. The first-order valence-corrected chi connectivity index (χ1v) is 12.6. The number of H-pyrrole nitrogens is 1. The van der Waals surface area contributed by atoms with Crippen LogP contribution in [0, 0.1) is 13.8 Å². The molecule has 0 aliphatic carbocycles. The highest BCUT2D eigenvalue weighted by Gasteiger charge is 2.27. The van der Waals surface area contributed by atoms with Crippen LogP contribution < -0.4 is 0 Å². The van der Waals surface area contributed by atoms with Crippen LogP contribution in [0.1, 0.15) is 16.7 Å². The van der Waals surface area contributed by atoms with Crippen LogP contribution in [0.25, 0.3) is 11.0 Å². The van der Waals surface area contributed by atoms with Crippen LogP contribution in [0.4, 0.5) is 0 Å². The summed E-state index contributed by atoms with van der Waals surface area (Å²) in [6.45, 7) is 6.85. The van der Waals surface area contributed by atoms with Gasteiger partial charge in [-0.15, -0.1) is 0 Å². The summed E-state index contributed by atoms with van der Waals surface area (Å²) in [6.07, 6.45) is 0.856. The monoisotopic (exact) mass is 444 g/mol. The van der Waals surface area contributed by atoms with Gasteiger partial charge in [-0.05, 0) is 68.3 Å². The second-order valence-corrected chi connectivity index (χ2v) is 11.0. The molecular formula is C22H28N4O2S2. The maximum atomic E-state index is 12.8. The number of rotatable bonds is 6. The zero-order chi connectivity index (χ0) is 21.3. The van der Waals surface area contributed by atoms with Crippen molar-refractivity contribution >= 4 is 32.8 Å². The third-order valence-corrected chi connectivity index (χ3v) is 8.52. The number of aromatic nitrogens is 2. The van der Waals surface area contributed by atoms with Gasteiger partial charge in [-0.25, -0.2) is 13.4 Å². The van der Waals surface area contributed by atoms with Crippen LogP contribution in [-0.2, 0) is 16.4 Å². The first-order valence-electron chi connectivity index (χ1n) is 10.2. The van der Waals surface area contributed by atoms with Crippen molar-refractivity contribution < 1.29 is 8.42 Å². The second-order valence-electron chi connectivity index (χ2n) is 7.95. The van der Waals surface area contributed by atoms with Crippen molar-refractivity contribution in [1.29, 1.82) is 0 Å². The topological polar surface area (TPSA) is 69.3 Å². The average molecular weight is 445 g/mol. The lowest BCUT2D eigenvalue weighted by atomic mass is 10.1. The van der Waals surface area contributed by atoms with Gasteiger partial charge in [-0.2, -0.15) is 4.31 Å². The van der Waals surface area contributed by atoms with Gasteiger partial charge in [0.2, 0.25) is 10.0 Å². The Labute approximate surface area is 182 Å². The lowest BCUT2D eigenvalue weighted by molar-refractivity contribution is 0.222. The van der Waals surface area contributed by atoms with Gasteiger partial charge in [0.1, 0.15) is 0 Å². The molecule has 30 heavy (non-hydrogen) atoms. The number of hydrogen-bond acceptors (Lipinski definition) is 5. The number of nitrogens with one attached hydrogen (secondary N) is 1. The molecule has 8 heteroatoms. The largest absolute Gasteiger partial charge is 0.333 e. The number of likely N-dealkylation sites (N-methyl/N-ethyl adjacent to an activating group) is 1. The predicted octanol–water partition coefficient (Wildman–Crippen LogP) is 3.45. The summed E-state index contributed by atoms with van der Waals surface area (Å²) in [6, 6.07) is 11.6. The van der Waals surface area contributed by atoms with Crippen LogP contribution in [0.15, 0.2) is 46.5 Å². The lowest BCUT2D eigenvalue weighted by Gasteiger charge is -2.31. The van der Waals surface area contributed by atoms with Gasteiger partial charge in [0.25, 0.3) is 0 Å². The molecule has 0 radical (unpaired) electrons. The second kappa shape index (κ2) is 8.70. The fourth-order valence-corrected chi connectivity index (χ4v) is 5.88. The fourth-order valence-electron chi connectivity index (χ4n) is 3.59. The maximum Gasteiger partial charge on any atom is 0.243 e. The number of piperazine rings is 1. The van der Waals surface area contributed by atoms with E-state index in [0.29, 0.717) is 18.0 Å². The van der Waals surface area contributed by atoms with Gasteiger partial charge in [-0.1, -0.05) is 23.9 Å². The fraction of sp³-hybridized carbons (Fsp3) is 0.409. The van der Waals surface area contributed by atoms with E-state index in [1.54, 1.807) is 28.2 Å². The number of aromatic amines is 1. The first-order chi connectivity index (χ1) is 14.3. The molecule has 2 aromatic carbocycles. The molecule has 1 N–H and O–H groups in total. The Morgan fingerprint density at radius 1 is 1.03 bits per heavy atom. The third-order valence-electron chi connectivity index (χ3n) is 5.73. The molecule has 0 amide bonds. The molecule has 1 fully saturated rings. The Hall–Kier alpha value is -1.87. The third kappa shape index (κ3) is 4.56. The van der Waals surface area contributed by atoms with E-state index in [1.807, 2.05) is 19.2 Å². The number of thioether (sulfide) groups is 1. The molecule has 1 saturated heterocycles. The van der Waals surface area contributed by atoms with Crippen molar-refractivity contribution in [2.24, 2.45) is 0 Å². The molecule has 0 bridgehead atoms. The van der Waals surface area contributed by atoms with E-state index in [9.17, 15) is 8.42 Å². The normalized spacial score (nSPS) is 16.4. The van der Waals surface area contributed by atoms with Crippen molar-refractivity contribution in [1.82, 2.24) is 19.2 Å². The molecule has 2 heterocycles. The number of hydrogen-bond donors (Lipinski definition) is 1. The SMILES string of the molecule is Cc1cc2nc(SCCc3ccc(S(=O)(=O)N4CCN(C)CC4)cc3)[nH]c2cc1C. The van der Waals surface area contributed by atoms with Crippen LogP contribution in [-0.4, -0.2) is 66.6 Å². The van der Waals surface area contributed by atoms with Gasteiger partial charge < -0.3 is 9.88 Å². The molecule has 1 aliphatic heterocycles. The summed E-state index contributed by atoms with van der Waals surface area (Å²) in [5, 5.41) is 0.921. The standard InChI is InChI=1S/C22H28N4O2S2/c1-16-14-20-21(15-17(16)2)24-22(23-20)29-13-8-18-4-6-19(7-5-18)30(27,28)26-11-9-25(3)10-12-26/h4-7,14-15H,8-13H2,1-3H3,(H,23,24). The molecule has 0 atom stereocenters. The summed E-state index contributed by atoms with van der Waals surface area (Å²) in [7, 11) is -1.38. The Kier molecular flexibility index (Phi) is 6.20. The van der Waals surface area contributed by atoms with E-state index >= 15 is 0 Å². The van der Waals surface area contributed by atoms with E-state index in [1.165, 1.54) is 11.1 Å². The Morgan fingerprint density at radius 3 is 2.40 bits per heavy atom. The van der Waals surface area contributed by atoms with Crippen LogP contribution in [0.5, 0.6) is 0 Å². The van der Waals surface area contributed by atoms with Gasteiger partial charge in [-0.3, -0.25) is 0 Å². The Bertz CT molecular complexity index is 1090. The minimum absolute atomic E-state index is 0.381. The summed E-state index contributed by atoms with van der Waals surface area (Å²) in [4.78, 5) is 10.6. The van der Waals surface area contributed by atoms with Crippen molar-refractivity contribution in [2.75, 3.05) is 39.0 Å². The molecule has 0 unspecified atom stereocenters. The Balaban J connectivity index is 1.36. The summed E-state index contributed by atoms with van der Waals surface area (Å²) < 4.78 is 27.2. The molecule has 160 valence electrons. The summed E-state index contributed by atoms with van der Waals surface area (Å²) in [5.41, 5.74) is 5.70. The highest BCUT2D eigenvalue weighted by atomic mass is 32.2. The average Bonchev–Trinajstić information content (AvgIpc) is 3.10. The van der Waals surface area contributed by atoms with Crippen LogP contribution in [0.2, 0.25) is 0 Å². The van der Waals surface area contributed by atoms with Crippen molar-refractivity contribution in [3.8, 4) is 0 Å². The molecule has 0 saturated carbocycles. The van der Waals surface area contributed by atoms with E-state index in [2.05, 4.69) is 40.8 Å². The smallest absolute Gasteiger partial charge is 0.243 e. The lowest BCUT2D eigenvalue weighted by Crippen LogP contribution is -2.46. The Morgan fingerprint density at radius 2 is 1.70 bits per heavy atom. The highest BCUT2D eigenvalue weighted by Crippen LogP contribution is 2.24. The van der Waals surface area contributed by atoms with Gasteiger partial charge in [0.15, 0.2) is 5.16 Å². The molecule has 1 aliphatic rings.